The minimum atomic E-state index is -3.50. The third-order valence-corrected chi connectivity index (χ3v) is 5.06. The fraction of sp³-hybridized carbons (Fsp3) is 0.750. The standard InChI is InChI=1S/C12H22N4O2S.ClH/c1-16-9-11(8-14-16)19(17,18)15-10-12(13)6-4-2-3-5-7-12;/h8-9,15H,2-7,10,13H2,1H3;1H. The van der Waals surface area contributed by atoms with E-state index in [1.54, 1.807) is 7.05 Å². The second-order valence-electron chi connectivity index (χ2n) is 5.45. The van der Waals surface area contributed by atoms with Gasteiger partial charge in [0, 0.05) is 25.3 Å². The van der Waals surface area contributed by atoms with E-state index in [-0.39, 0.29) is 17.3 Å². The Labute approximate surface area is 126 Å². The number of nitrogens with zero attached hydrogens (tertiary/aromatic N) is 2. The van der Waals surface area contributed by atoms with Gasteiger partial charge in [-0.2, -0.15) is 5.10 Å². The van der Waals surface area contributed by atoms with Crippen LogP contribution in [0.4, 0.5) is 0 Å². The van der Waals surface area contributed by atoms with Gasteiger partial charge in [0.25, 0.3) is 0 Å². The first-order chi connectivity index (χ1) is 8.91. The van der Waals surface area contributed by atoms with Crippen LogP contribution in [0.3, 0.4) is 0 Å². The maximum Gasteiger partial charge on any atom is 0.243 e. The minimum Gasteiger partial charge on any atom is -0.324 e. The monoisotopic (exact) mass is 322 g/mol. The lowest BCUT2D eigenvalue weighted by Gasteiger charge is -2.28. The molecule has 20 heavy (non-hydrogen) atoms. The quantitative estimate of drug-likeness (QED) is 0.814. The number of aryl methyl sites for hydroxylation is 1. The van der Waals surface area contributed by atoms with E-state index in [1.165, 1.54) is 29.9 Å². The third kappa shape index (κ3) is 4.44. The van der Waals surface area contributed by atoms with Crippen LogP contribution < -0.4 is 10.5 Å². The fourth-order valence-corrected chi connectivity index (χ4v) is 3.59. The van der Waals surface area contributed by atoms with Gasteiger partial charge in [0.1, 0.15) is 4.90 Å². The summed E-state index contributed by atoms with van der Waals surface area (Å²) in [6.45, 7) is 0.296. The van der Waals surface area contributed by atoms with Gasteiger partial charge in [0.05, 0.1) is 6.20 Å². The lowest BCUT2D eigenvalue weighted by Crippen LogP contribution is -2.49. The molecule has 0 saturated heterocycles. The maximum atomic E-state index is 12.1. The lowest BCUT2D eigenvalue weighted by atomic mass is 9.92. The summed E-state index contributed by atoms with van der Waals surface area (Å²) >= 11 is 0. The van der Waals surface area contributed by atoms with Crippen molar-refractivity contribution in [3.05, 3.63) is 12.4 Å². The molecular weight excluding hydrogens is 300 g/mol. The molecule has 6 nitrogen and oxygen atoms in total. The Balaban J connectivity index is 0.00000200. The number of halogens is 1. The molecule has 1 aliphatic carbocycles. The first kappa shape index (κ1) is 17.4. The zero-order chi connectivity index (χ0) is 13.9. The van der Waals surface area contributed by atoms with Crippen LogP contribution in [0, 0.1) is 0 Å². The first-order valence-corrected chi connectivity index (χ1v) is 8.17. The molecule has 0 atom stereocenters. The number of aromatic nitrogens is 2. The van der Waals surface area contributed by atoms with Gasteiger partial charge in [0.2, 0.25) is 10.0 Å². The molecule has 0 amide bonds. The summed E-state index contributed by atoms with van der Waals surface area (Å²) in [6.07, 6.45) is 9.11. The topological polar surface area (TPSA) is 90.0 Å². The van der Waals surface area contributed by atoms with Crippen LogP contribution in [0.15, 0.2) is 17.3 Å². The highest BCUT2D eigenvalue weighted by Crippen LogP contribution is 2.24. The number of hydrogen-bond acceptors (Lipinski definition) is 4. The van der Waals surface area contributed by atoms with Crippen LogP contribution in [-0.4, -0.2) is 30.3 Å². The molecule has 0 aromatic carbocycles. The van der Waals surface area contributed by atoms with Crippen molar-refractivity contribution in [2.75, 3.05) is 6.54 Å². The van der Waals surface area contributed by atoms with E-state index in [0.29, 0.717) is 6.54 Å². The number of nitrogens with two attached hydrogens (primary N) is 1. The van der Waals surface area contributed by atoms with Crippen LogP contribution in [0.25, 0.3) is 0 Å². The summed E-state index contributed by atoms with van der Waals surface area (Å²) in [6, 6.07) is 0. The first-order valence-electron chi connectivity index (χ1n) is 6.69. The van der Waals surface area contributed by atoms with E-state index < -0.39 is 15.6 Å². The van der Waals surface area contributed by atoms with E-state index in [0.717, 1.165) is 25.7 Å². The largest absolute Gasteiger partial charge is 0.324 e. The van der Waals surface area contributed by atoms with Gasteiger partial charge < -0.3 is 5.73 Å². The Morgan fingerprint density at radius 1 is 1.35 bits per heavy atom. The smallest absolute Gasteiger partial charge is 0.243 e. The Morgan fingerprint density at radius 2 is 1.95 bits per heavy atom. The average molecular weight is 323 g/mol. The molecule has 0 radical (unpaired) electrons. The van der Waals surface area contributed by atoms with Crippen molar-refractivity contribution < 1.29 is 8.42 Å². The van der Waals surface area contributed by atoms with Crippen molar-refractivity contribution in [1.82, 2.24) is 14.5 Å². The SMILES string of the molecule is Cl.Cn1cc(S(=O)(=O)NCC2(N)CCCCCC2)cn1. The Kier molecular flexibility index (Phi) is 6.00. The van der Waals surface area contributed by atoms with Crippen molar-refractivity contribution in [3.8, 4) is 0 Å². The highest BCUT2D eigenvalue weighted by Gasteiger charge is 2.28. The predicted octanol–water partition coefficient (Wildman–Crippen LogP) is 1.17. The molecule has 1 aromatic rings. The molecule has 0 aliphatic heterocycles. The van der Waals surface area contributed by atoms with Gasteiger partial charge >= 0.3 is 0 Å². The molecule has 1 saturated carbocycles. The average Bonchev–Trinajstić information content (AvgIpc) is 2.68. The summed E-state index contributed by atoms with van der Waals surface area (Å²) in [7, 11) is -1.81. The number of nitrogens with one attached hydrogen (secondary N) is 1. The molecule has 116 valence electrons. The van der Waals surface area contributed by atoms with Gasteiger partial charge in [-0.25, -0.2) is 13.1 Å². The van der Waals surface area contributed by atoms with Crippen molar-refractivity contribution in [2.24, 2.45) is 12.8 Å². The summed E-state index contributed by atoms with van der Waals surface area (Å²) in [5.74, 6) is 0. The van der Waals surface area contributed by atoms with E-state index in [4.69, 9.17) is 5.73 Å². The van der Waals surface area contributed by atoms with Gasteiger partial charge in [0.15, 0.2) is 0 Å². The summed E-state index contributed by atoms with van der Waals surface area (Å²) in [5.41, 5.74) is 5.89. The maximum absolute atomic E-state index is 12.1. The van der Waals surface area contributed by atoms with Crippen molar-refractivity contribution in [3.63, 3.8) is 0 Å². The predicted molar refractivity (Wildman–Crippen MR) is 80.3 cm³/mol. The lowest BCUT2D eigenvalue weighted by molar-refractivity contribution is 0.369. The molecule has 8 heteroatoms. The normalized spacial score (nSPS) is 19.1. The van der Waals surface area contributed by atoms with Crippen LogP contribution in [0.5, 0.6) is 0 Å². The van der Waals surface area contributed by atoms with Gasteiger partial charge in [-0.05, 0) is 12.8 Å². The zero-order valence-corrected chi connectivity index (χ0v) is 13.3. The van der Waals surface area contributed by atoms with Crippen LogP contribution in [-0.2, 0) is 17.1 Å². The molecule has 1 heterocycles. The molecule has 0 bridgehead atoms. The summed E-state index contributed by atoms with van der Waals surface area (Å²) in [5, 5.41) is 3.88. The Morgan fingerprint density at radius 3 is 2.45 bits per heavy atom. The molecule has 0 unspecified atom stereocenters. The highest BCUT2D eigenvalue weighted by atomic mass is 35.5. The third-order valence-electron chi connectivity index (χ3n) is 3.71. The molecule has 1 aliphatic rings. The molecule has 0 spiro atoms. The second kappa shape index (κ2) is 6.89. The molecule has 2 rings (SSSR count). The molecule has 1 aromatic heterocycles. The van der Waals surface area contributed by atoms with Gasteiger partial charge in [-0.1, -0.05) is 25.7 Å². The number of rotatable bonds is 4. The summed E-state index contributed by atoms with van der Waals surface area (Å²) < 4.78 is 28.3. The number of hydrogen-bond donors (Lipinski definition) is 2. The van der Waals surface area contributed by atoms with Crippen molar-refractivity contribution in [2.45, 2.75) is 49.0 Å². The highest BCUT2D eigenvalue weighted by molar-refractivity contribution is 7.89. The van der Waals surface area contributed by atoms with Crippen LogP contribution in [0.1, 0.15) is 38.5 Å². The Hall–Kier alpha value is -0.630. The fourth-order valence-electron chi connectivity index (χ4n) is 2.47. The molecular formula is C12H23ClN4O2S. The second-order valence-corrected chi connectivity index (χ2v) is 7.22. The van der Waals surface area contributed by atoms with Crippen molar-refractivity contribution >= 4 is 22.4 Å². The molecule has 3 N–H and O–H groups in total. The Bertz CT molecular complexity index is 521. The van der Waals surface area contributed by atoms with Gasteiger partial charge in [-0.3, -0.25) is 4.68 Å². The van der Waals surface area contributed by atoms with E-state index in [1.807, 2.05) is 0 Å². The molecule has 1 fully saturated rings. The minimum absolute atomic E-state index is 0. The zero-order valence-electron chi connectivity index (χ0n) is 11.7. The van der Waals surface area contributed by atoms with E-state index in [2.05, 4.69) is 9.82 Å². The van der Waals surface area contributed by atoms with Crippen LogP contribution in [0.2, 0.25) is 0 Å². The number of sulfonamides is 1. The van der Waals surface area contributed by atoms with Crippen LogP contribution >= 0.6 is 12.4 Å². The summed E-state index contributed by atoms with van der Waals surface area (Å²) in [4.78, 5) is 0.187. The van der Waals surface area contributed by atoms with Crippen molar-refractivity contribution in [1.29, 1.82) is 0 Å². The van der Waals surface area contributed by atoms with E-state index >= 15 is 0 Å². The van der Waals surface area contributed by atoms with Gasteiger partial charge in [-0.15, -0.1) is 12.4 Å². The van der Waals surface area contributed by atoms with E-state index in [9.17, 15) is 8.42 Å².